The molecular formula is C20H22N4O. The molecular weight excluding hydrogens is 312 g/mol. The van der Waals surface area contributed by atoms with E-state index in [1.807, 2.05) is 22.8 Å². The van der Waals surface area contributed by atoms with Gasteiger partial charge >= 0.3 is 0 Å². The van der Waals surface area contributed by atoms with Crippen molar-refractivity contribution in [2.75, 3.05) is 24.6 Å². The minimum absolute atomic E-state index is 0.134. The van der Waals surface area contributed by atoms with E-state index in [2.05, 4.69) is 40.3 Å². The molecule has 2 fully saturated rings. The summed E-state index contributed by atoms with van der Waals surface area (Å²) < 4.78 is 8.03. The summed E-state index contributed by atoms with van der Waals surface area (Å²) in [5.41, 5.74) is 3.17. The molecule has 0 atom stereocenters. The van der Waals surface area contributed by atoms with Crippen molar-refractivity contribution in [3.05, 3.63) is 48.7 Å². The second-order valence-electron chi connectivity index (χ2n) is 7.09. The topological polar surface area (TPSA) is 42.7 Å². The largest absolute Gasteiger partial charge is 0.375 e. The van der Waals surface area contributed by atoms with E-state index >= 15 is 0 Å². The molecule has 2 aliphatic rings. The first kappa shape index (κ1) is 14.9. The summed E-state index contributed by atoms with van der Waals surface area (Å²) in [4.78, 5) is 7.21. The van der Waals surface area contributed by atoms with Crippen LogP contribution in [0.1, 0.15) is 25.7 Å². The molecule has 2 saturated heterocycles. The first-order valence-corrected chi connectivity index (χ1v) is 9.12. The second-order valence-corrected chi connectivity index (χ2v) is 7.09. The van der Waals surface area contributed by atoms with Crippen LogP contribution in [0.15, 0.2) is 48.7 Å². The Bertz CT molecular complexity index is 873. The Morgan fingerprint density at radius 3 is 2.60 bits per heavy atom. The van der Waals surface area contributed by atoms with Gasteiger partial charge in [-0.15, -0.1) is 0 Å². The lowest BCUT2D eigenvalue weighted by Gasteiger charge is -2.39. The van der Waals surface area contributed by atoms with Gasteiger partial charge in [0.1, 0.15) is 5.82 Å². The third-order valence-electron chi connectivity index (χ3n) is 5.59. The number of aromatic nitrogens is 3. The minimum Gasteiger partial charge on any atom is -0.375 e. The number of anilines is 1. The van der Waals surface area contributed by atoms with Crippen molar-refractivity contribution in [2.24, 2.45) is 0 Å². The number of nitrogens with zero attached hydrogens (tertiary/aromatic N) is 4. The zero-order chi connectivity index (χ0) is 16.7. The fraction of sp³-hybridized carbons (Fsp3) is 0.400. The highest BCUT2D eigenvalue weighted by atomic mass is 16.5. The highest BCUT2D eigenvalue weighted by Crippen LogP contribution is 2.37. The predicted octanol–water partition coefficient (Wildman–Crippen LogP) is 3.55. The molecule has 0 bridgehead atoms. The van der Waals surface area contributed by atoms with Crippen LogP contribution in [0.4, 0.5) is 5.82 Å². The number of ether oxygens (including phenoxy) is 1. The molecule has 25 heavy (non-hydrogen) atoms. The number of hydrogen-bond donors (Lipinski definition) is 0. The van der Waals surface area contributed by atoms with E-state index in [1.165, 1.54) is 12.8 Å². The average molecular weight is 334 g/mol. The summed E-state index contributed by atoms with van der Waals surface area (Å²) in [6.45, 7) is 2.94. The van der Waals surface area contributed by atoms with E-state index in [1.54, 1.807) is 0 Å². The summed E-state index contributed by atoms with van der Waals surface area (Å²) in [5.74, 6) is 1.13. The van der Waals surface area contributed by atoms with Crippen LogP contribution in [0.5, 0.6) is 0 Å². The van der Waals surface area contributed by atoms with Crippen LogP contribution >= 0.6 is 0 Å². The van der Waals surface area contributed by atoms with Crippen molar-refractivity contribution in [2.45, 2.75) is 31.3 Å². The van der Waals surface area contributed by atoms with E-state index in [4.69, 9.17) is 9.72 Å². The highest BCUT2D eigenvalue weighted by molar-refractivity contribution is 5.66. The van der Waals surface area contributed by atoms with Crippen molar-refractivity contribution >= 4 is 11.5 Å². The zero-order valence-corrected chi connectivity index (χ0v) is 14.3. The minimum atomic E-state index is 0.134. The number of rotatable bonds is 2. The molecule has 0 N–H and O–H groups in total. The summed E-state index contributed by atoms with van der Waals surface area (Å²) in [5, 5.41) is 4.50. The Hall–Kier alpha value is -2.40. The second kappa shape index (κ2) is 5.85. The quantitative estimate of drug-likeness (QED) is 0.719. The number of piperidine rings is 1. The van der Waals surface area contributed by atoms with Crippen LogP contribution in [0, 0.1) is 0 Å². The molecule has 128 valence electrons. The maximum atomic E-state index is 6.07. The molecule has 3 aromatic rings. The molecule has 2 aliphatic heterocycles. The van der Waals surface area contributed by atoms with Gasteiger partial charge in [0.2, 0.25) is 0 Å². The van der Waals surface area contributed by atoms with E-state index in [9.17, 15) is 0 Å². The van der Waals surface area contributed by atoms with E-state index in [-0.39, 0.29) is 5.60 Å². The van der Waals surface area contributed by atoms with Gasteiger partial charge in [-0.2, -0.15) is 9.61 Å². The van der Waals surface area contributed by atoms with Gasteiger partial charge in [0.05, 0.1) is 17.5 Å². The van der Waals surface area contributed by atoms with Crippen molar-refractivity contribution in [1.82, 2.24) is 14.6 Å². The first-order valence-electron chi connectivity index (χ1n) is 9.12. The molecule has 4 heterocycles. The molecule has 0 unspecified atom stereocenters. The Labute approximate surface area is 147 Å². The third kappa shape index (κ3) is 2.59. The van der Waals surface area contributed by atoms with Gasteiger partial charge in [-0.05, 0) is 25.7 Å². The lowest BCUT2D eigenvalue weighted by molar-refractivity contribution is -0.0147. The molecule has 0 aliphatic carbocycles. The molecule has 5 heteroatoms. The van der Waals surface area contributed by atoms with Gasteiger partial charge in [-0.3, -0.25) is 0 Å². The SMILES string of the molecule is c1ccc(-c2cc(N3CCC4(CCCO4)CC3)n3nccc3n2)cc1. The molecule has 0 saturated carbocycles. The fourth-order valence-electron chi connectivity index (χ4n) is 4.17. The molecule has 1 spiro atoms. The summed E-state index contributed by atoms with van der Waals surface area (Å²) >= 11 is 0. The van der Waals surface area contributed by atoms with Gasteiger partial charge in [0, 0.05) is 37.4 Å². The van der Waals surface area contributed by atoms with E-state index < -0.39 is 0 Å². The lowest BCUT2D eigenvalue weighted by atomic mass is 9.88. The monoisotopic (exact) mass is 334 g/mol. The van der Waals surface area contributed by atoms with Gasteiger partial charge < -0.3 is 9.64 Å². The van der Waals surface area contributed by atoms with Crippen molar-refractivity contribution in [1.29, 1.82) is 0 Å². The summed E-state index contributed by atoms with van der Waals surface area (Å²) in [6, 6.07) is 14.5. The maximum Gasteiger partial charge on any atom is 0.157 e. The van der Waals surface area contributed by atoms with Crippen LogP contribution in [0.3, 0.4) is 0 Å². The molecule has 5 nitrogen and oxygen atoms in total. The van der Waals surface area contributed by atoms with E-state index in [0.717, 1.165) is 55.3 Å². The Kier molecular flexibility index (Phi) is 3.48. The average Bonchev–Trinajstić information content (AvgIpc) is 3.32. The standard InChI is InChI=1S/C20H22N4O/c1-2-5-16(6-3-1)17-15-19(24-18(22-17)7-11-21-24)23-12-9-20(10-13-23)8-4-14-25-20/h1-3,5-7,11,15H,4,8-10,12-14H2. The maximum absolute atomic E-state index is 6.07. The normalized spacial score (nSPS) is 19.8. The van der Waals surface area contributed by atoms with Crippen molar-refractivity contribution in [3.8, 4) is 11.3 Å². The van der Waals surface area contributed by atoms with Crippen molar-refractivity contribution in [3.63, 3.8) is 0 Å². The zero-order valence-electron chi connectivity index (χ0n) is 14.3. The summed E-state index contributed by atoms with van der Waals surface area (Å²) in [7, 11) is 0. The Morgan fingerprint density at radius 2 is 1.84 bits per heavy atom. The molecule has 0 radical (unpaired) electrons. The number of hydrogen-bond acceptors (Lipinski definition) is 4. The van der Waals surface area contributed by atoms with Crippen LogP contribution in [0.2, 0.25) is 0 Å². The smallest absolute Gasteiger partial charge is 0.157 e. The first-order chi connectivity index (χ1) is 12.3. The van der Waals surface area contributed by atoms with Crippen LogP contribution in [-0.2, 0) is 4.74 Å². The molecule has 2 aromatic heterocycles. The molecule has 1 aromatic carbocycles. The number of fused-ring (bicyclic) bond motifs is 1. The van der Waals surface area contributed by atoms with Gasteiger partial charge in [0.25, 0.3) is 0 Å². The van der Waals surface area contributed by atoms with Crippen molar-refractivity contribution < 1.29 is 4.74 Å². The third-order valence-corrected chi connectivity index (χ3v) is 5.59. The number of benzene rings is 1. The van der Waals surface area contributed by atoms with Gasteiger partial charge in [0.15, 0.2) is 5.65 Å². The highest BCUT2D eigenvalue weighted by Gasteiger charge is 2.38. The van der Waals surface area contributed by atoms with E-state index in [0.29, 0.717) is 0 Å². The van der Waals surface area contributed by atoms with Crippen LogP contribution in [0.25, 0.3) is 16.9 Å². The Balaban J connectivity index is 1.51. The Morgan fingerprint density at radius 1 is 1.00 bits per heavy atom. The molecule has 5 rings (SSSR count). The predicted molar refractivity (Wildman–Crippen MR) is 97.8 cm³/mol. The fourth-order valence-corrected chi connectivity index (χ4v) is 4.17. The van der Waals surface area contributed by atoms with Crippen LogP contribution in [-0.4, -0.2) is 39.9 Å². The van der Waals surface area contributed by atoms with Gasteiger partial charge in [-0.25, -0.2) is 4.98 Å². The van der Waals surface area contributed by atoms with Gasteiger partial charge in [-0.1, -0.05) is 30.3 Å². The molecule has 0 amide bonds. The lowest BCUT2D eigenvalue weighted by Crippen LogP contribution is -2.44. The van der Waals surface area contributed by atoms with Crippen LogP contribution < -0.4 is 4.90 Å². The summed E-state index contributed by atoms with van der Waals surface area (Å²) in [6.07, 6.45) is 6.43.